The molecule has 0 radical (unpaired) electrons. The van der Waals surface area contributed by atoms with Crippen LogP contribution in [-0.2, 0) is 4.74 Å². The number of halogens is 2. The molecule has 0 spiro atoms. The summed E-state index contributed by atoms with van der Waals surface area (Å²) in [6, 6.07) is 0. The fraction of sp³-hybridized carbons (Fsp3) is 1.00. The molecule has 0 bridgehead atoms. The van der Waals surface area contributed by atoms with E-state index in [1.165, 1.54) is 0 Å². The van der Waals surface area contributed by atoms with Gasteiger partial charge in [-0.1, -0.05) is 0 Å². The highest BCUT2D eigenvalue weighted by Crippen LogP contribution is 2.44. The van der Waals surface area contributed by atoms with Crippen LogP contribution < -0.4 is 0 Å². The average Bonchev–Trinajstić information content (AvgIpc) is 2.49. The van der Waals surface area contributed by atoms with Crippen molar-refractivity contribution in [2.75, 3.05) is 6.61 Å². The first-order chi connectivity index (χ1) is 4.21. The maximum absolute atomic E-state index is 11.9. The minimum absolute atomic E-state index is 0.393. The monoisotopic (exact) mass is 136 g/mol. The predicted molar refractivity (Wildman–Crippen MR) is 29.6 cm³/mol. The molecule has 0 saturated heterocycles. The normalized spacial score (nSPS) is 22.7. The van der Waals surface area contributed by atoms with Crippen LogP contribution in [-0.4, -0.2) is 18.6 Å². The maximum atomic E-state index is 11.9. The van der Waals surface area contributed by atoms with Gasteiger partial charge in [0.15, 0.2) is 0 Å². The Balaban J connectivity index is 2.33. The maximum Gasteiger partial charge on any atom is 0.267 e. The van der Waals surface area contributed by atoms with Crippen LogP contribution in [0.3, 0.4) is 0 Å². The highest BCUT2D eigenvalue weighted by Gasteiger charge is 2.52. The van der Waals surface area contributed by atoms with E-state index in [0.717, 1.165) is 0 Å². The summed E-state index contributed by atoms with van der Waals surface area (Å²) in [6.45, 7) is 2.13. The molecule has 3 heteroatoms. The van der Waals surface area contributed by atoms with Crippen LogP contribution >= 0.6 is 0 Å². The zero-order valence-corrected chi connectivity index (χ0v) is 5.36. The quantitative estimate of drug-likeness (QED) is 0.575. The third-order valence-electron chi connectivity index (χ3n) is 1.57. The van der Waals surface area contributed by atoms with E-state index in [2.05, 4.69) is 0 Å². The summed E-state index contributed by atoms with van der Waals surface area (Å²) in [5.74, 6) is 0. The topological polar surface area (TPSA) is 9.23 Å². The molecule has 0 aromatic carbocycles. The van der Waals surface area contributed by atoms with Gasteiger partial charge < -0.3 is 4.74 Å². The smallest absolute Gasteiger partial charge is 0.267 e. The van der Waals surface area contributed by atoms with Crippen molar-refractivity contribution in [3.63, 3.8) is 0 Å². The van der Waals surface area contributed by atoms with E-state index in [4.69, 9.17) is 4.74 Å². The van der Waals surface area contributed by atoms with Crippen LogP contribution in [0, 0.1) is 0 Å². The van der Waals surface area contributed by atoms with E-state index >= 15 is 0 Å². The number of hydrogen-bond donors (Lipinski definition) is 0. The van der Waals surface area contributed by atoms with Gasteiger partial charge in [-0.05, 0) is 19.8 Å². The lowest BCUT2D eigenvalue weighted by Gasteiger charge is -2.12. The molecule has 1 rings (SSSR count). The summed E-state index contributed by atoms with van der Waals surface area (Å²) in [6.07, 6.45) is -1.24. The van der Waals surface area contributed by atoms with Gasteiger partial charge >= 0.3 is 0 Å². The Labute approximate surface area is 53.0 Å². The van der Waals surface area contributed by atoms with Crippen molar-refractivity contribution in [2.45, 2.75) is 31.8 Å². The summed E-state index contributed by atoms with van der Waals surface area (Å²) in [5.41, 5.74) is -1.03. The highest BCUT2D eigenvalue weighted by molar-refractivity contribution is 4.97. The lowest BCUT2D eigenvalue weighted by atomic mass is 10.3. The van der Waals surface area contributed by atoms with Crippen LogP contribution in [0.15, 0.2) is 0 Å². The van der Waals surface area contributed by atoms with Crippen LogP contribution in [0.5, 0.6) is 0 Å². The van der Waals surface area contributed by atoms with Gasteiger partial charge in [0.1, 0.15) is 5.60 Å². The standard InChI is InChI=1S/C6H10F2O/c1-2-9-6(3-4-6)5(7)8/h5H,2-4H2,1H3. The third-order valence-corrected chi connectivity index (χ3v) is 1.57. The summed E-state index contributed by atoms with van der Waals surface area (Å²) in [5, 5.41) is 0. The molecule has 1 nitrogen and oxygen atoms in total. The fourth-order valence-corrected chi connectivity index (χ4v) is 0.836. The van der Waals surface area contributed by atoms with Crippen LogP contribution in [0.2, 0.25) is 0 Å². The first-order valence-electron chi connectivity index (χ1n) is 3.13. The van der Waals surface area contributed by atoms with E-state index in [-0.39, 0.29) is 0 Å². The van der Waals surface area contributed by atoms with Crippen molar-refractivity contribution in [3.8, 4) is 0 Å². The van der Waals surface area contributed by atoms with Gasteiger partial charge in [-0.3, -0.25) is 0 Å². The minimum Gasteiger partial charge on any atom is -0.369 e. The zero-order chi connectivity index (χ0) is 6.91. The molecular formula is C6H10F2O. The lowest BCUT2D eigenvalue weighted by Crippen LogP contribution is -2.23. The summed E-state index contributed by atoms with van der Waals surface area (Å²) < 4.78 is 28.7. The second-order valence-corrected chi connectivity index (χ2v) is 2.30. The Hall–Kier alpha value is -0.180. The van der Waals surface area contributed by atoms with Crippen molar-refractivity contribution in [2.24, 2.45) is 0 Å². The Morgan fingerprint density at radius 3 is 2.22 bits per heavy atom. The molecule has 0 aromatic rings. The SMILES string of the molecule is CCOC1(C(F)F)CC1. The fourth-order valence-electron chi connectivity index (χ4n) is 0.836. The molecule has 0 aliphatic heterocycles. The molecule has 1 aliphatic rings. The van der Waals surface area contributed by atoms with Crippen molar-refractivity contribution in [1.29, 1.82) is 0 Å². The second-order valence-electron chi connectivity index (χ2n) is 2.30. The molecule has 0 atom stereocenters. The minimum atomic E-state index is -2.29. The van der Waals surface area contributed by atoms with E-state index in [0.29, 0.717) is 19.4 Å². The van der Waals surface area contributed by atoms with E-state index in [9.17, 15) is 8.78 Å². The van der Waals surface area contributed by atoms with Gasteiger partial charge in [0.25, 0.3) is 6.43 Å². The molecule has 0 heterocycles. The number of ether oxygens (including phenoxy) is 1. The van der Waals surface area contributed by atoms with E-state index in [1.807, 2.05) is 0 Å². The zero-order valence-electron chi connectivity index (χ0n) is 5.36. The lowest BCUT2D eigenvalue weighted by molar-refractivity contribution is -0.0708. The number of hydrogen-bond acceptors (Lipinski definition) is 1. The molecule has 0 aromatic heterocycles. The Bertz CT molecular complexity index is 99.2. The predicted octanol–water partition coefficient (Wildman–Crippen LogP) is 1.82. The molecule has 54 valence electrons. The Morgan fingerprint density at radius 2 is 2.11 bits per heavy atom. The van der Waals surface area contributed by atoms with E-state index in [1.54, 1.807) is 6.92 Å². The van der Waals surface area contributed by atoms with Crippen molar-refractivity contribution in [1.82, 2.24) is 0 Å². The number of alkyl halides is 2. The van der Waals surface area contributed by atoms with Crippen molar-refractivity contribution >= 4 is 0 Å². The molecule has 0 N–H and O–H groups in total. The molecule has 1 saturated carbocycles. The van der Waals surface area contributed by atoms with Crippen LogP contribution in [0.1, 0.15) is 19.8 Å². The van der Waals surface area contributed by atoms with Gasteiger partial charge in [-0.15, -0.1) is 0 Å². The molecule has 1 aliphatic carbocycles. The summed E-state index contributed by atoms with van der Waals surface area (Å²) in [7, 11) is 0. The first-order valence-corrected chi connectivity index (χ1v) is 3.13. The second kappa shape index (κ2) is 2.21. The Morgan fingerprint density at radius 1 is 1.56 bits per heavy atom. The van der Waals surface area contributed by atoms with Gasteiger partial charge in [-0.2, -0.15) is 0 Å². The number of rotatable bonds is 3. The molecule has 0 unspecified atom stereocenters. The first kappa shape index (κ1) is 6.93. The average molecular weight is 136 g/mol. The van der Waals surface area contributed by atoms with E-state index < -0.39 is 12.0 Å². The van der Waals surface area contributed by atoms with Gasteiger partial charge in [-0.25, -0.2) is 8.78 Å². The van der Waals surface area contributed by atoms with Gasteiger partial charge in [0.05, 0.1) is 0 Å². The third kappa shape index (κ3) is 1.21. The highest BCUT2D eigenvalue weighted by atomic mass is 19.3. The summed E-state index contributed by atoms with van der Waals surface area (Å²) in [4.78, 5) is 0. The molecule has 0 amide bonds. The molecule has 9 heavy (non-hydrogen) atoms. The van der Waals surface area contributed by atoms with Crippen molar-refractivity contribution in [3.05, 3.63) is 0 Å². The summed E-state index contributed by atoms with van der Waals surface area (Å²) >= 11 is 0. The van der Waals surface area contributed by atoms with Crippen LogP contribution in [0.4, 0.5) is 8.78 Å². The molecule has 1 fully saturated rings. The van der Waals surface area contributed by atoms with Gasteiger partial charge in [0, 0.05) is 6.61 Å². The van der Waals surface area contributed by atoms with Gasteiger partial charge in [0.2, 0.25) is 0 Å². The molecular weight excluding hydrogens is 126 g/mol. The van der Waals surface area contributed by atoms with Crippen LogP contribution in [0.25, 0.3) is 0 Å². The largest absolute Gasteiger partial charge is 0.369 e. The Kier molecular flexibility index (Phi) is 1.70. The van der Waals surface area contributed by atoms with Crippen molar-refractivity contribution < 1.29 is 13.5 Å².